The number of esters is 1. The third kappa shape index (κ3) is 6.00. The van der Waals surface area contributed by atoms with Gasteiger partial charge in [-0.05, 0) is 65.3 Å². The predicted molar refractivity (Wildman–Crippen MR) is 174 cm³/mol. The topological polar surface area (TPSA) is 134 Å². The second-order valence-electron chi connectivity index (χ2n) is 14.5. The summed E-state index contributed by atoms with van der Waals surface area (Å²) in [6.45, 7) is 15.3. The van der Waals surface area contributed by atoms with Crippen LogP contribution in [0.2, 0.25) is 0 Å². The molecular weight excluding hydrogens is 620 g/mol. The highest BCUT2D eigenvalue weighted by atomic mass is 16.6. The minimum absolute atomic E-state index is 0.190. The van der Waals surface area contributed by atoms with E-state index in [1.165, 1.54) is 5.06 Å². The number of piperidine rings is 1. The molecule has 260 valence electrons. The first-order chi connectivity index (χ1) is 22.6. The summed E-state index contributed by atoms with van der Waals surface area (Å²) in [5, 5.41) is 14.6. The van der Waals surface area contributed by atoms with Crippen LogP contribution in [-0.2, 0) is 20.7 Å². The smallest absolute Gasteiger partial charge is 0.408 e. The van der Waals surface area contributed by atoms with E-state index < -0.39 is 53.4 Å². The zero-order valence-electron chi connectivity index (χ0n) is 28.9. The summed E-state index contributed by atoms with van der Waals surface area (Å²) < 4.78 is 42.1. The van der Waals surface area contributed by atoms with Crippen molar-refractivity contribution >= 4 is 12.1 Å². The molecule has 4 heterocycles. The Morgan fingerprint density at radius 1 is 1.00 bits per heavy atom. The molecule has 0 aromatic heterocycles. The molecule has 4 aliphatic heterocycles. The molecule has 4 aliphatic rings. The highest BCUT2D eigenvalue weighted by Gasteiger charge is 2.49. The van der Waals surface area contributed by atoms with Gasteiger partial charge in [0.2, 0.25) is 0 Å². The van der Waals surface area contributed by atoms with Crippen LogP contribution < -0.4 is 29.0 Å². The second kappa shape index (κ2) is 12.4. The van der Waals surface area contributed by atoms with E-state index in [2.05, 4.69) is 11.9 Å². The van der Waals surface area contributed by atoms with Gasteiger partial charge in [0.15, 0.2) is 11.5 Å². The summed E-state index contributed by atoms with van der Waals surface area (Å²) >= 11 is 0. The zero-order valence-corrected chi connectivity index (χ0v) is 28.9. The molecule has 0 saturated carbocycles. The summed E-state index contributed by atoms with van der Waals surface area (Å²) in [6, 6.07) is 6.29. The number of rotatable bonds is 7. The van der Waals surface area contributed by atoms with Crippen LogP contribution in [-0.4, -0.2) is 78.6 Å². The number of carbonyl (C=O) groups is 2. The molecule has 1 saturated heterocycles. The number of ether oxygens (including phenoxy) is 7. The number of methoxy groups -OCH3 is 2. The summed E-state index contributed by atoms with van der Waals surface area (Å²) in [7, 11) is 3.11. The van der Waals surface area contributed by atoms with Crippen LogP contribution in [0.3, 0.4) is 0 Å². The minimum Gasteiger partial charge on any atom is -0.493 e. The number of fused-ring (bicyclic) bond motifs is 6. The SMILES string of the molecule is C=C(C)[C@H]1Cc2c(ccc3c2O[C@@H]2COc4cc(OC)c(OC)cc4[C@@H]2[C@@H]3OC(=O)[C@H](C)NC(=O)OC2CC(C)(C)N(O)C(C)(C)C2)O1. The third-order valence-corrected chi connectivity index (χ3v) is 9.84. The Kier molecular flexibility index (Phi) is 8.70. The number of alkyl carbamates (subject to hydrolysis) is 1. The fourth-order valence-electron chi connectivity index (χ4n) is 7.54. The van der Waals surface area contributed by atoms with Crippen molar-refractivity contribution in [1.82, 2.24) is 10.4 Å². The average molecular weight is 667 g/mol. The van der Waals surface area contributed by atoms with E-state index in [4.69, 9.17) is 33.2 Å². The lowest BCUT2D eigenvalue weighted by atomic mass is 9.79. The molecule has 12 nitrogen and oxygen atoms in total. The van der Waals surface area contributed by atoms with E-state index in [1.54, 1.807) is 27.2 Å². The number of hydrogen-bond donors (Lipinski definition) is 2. The summed E-state index contributed by atoms with van der Waals surface area (Å²) in [4.78, 5) is 26.9. The minimum atomic E-state index is -1.03. The van der Waals surface area contributed by atoms with Gasteiger partial charge < -0.3 is 43.7 Å². The summed E-state index contributed by atoms with van der Waals surface area (Å²) in [6.07, 6.45) is -1.25. The Hall–Kier alpha value is -4.16. The molecule has 0 spiro atoms. The van der Waals surface area contributed by atoms with Crippen molar-refractivity contribution in [3.8, 4) is 28.7 Å². The number of nitrogens with one attached hydrogen (secondary N) is 1. The molecular formula is C36H46N2O10. The summed E-state index contributed by atoms with van der Waals surface area (Å²) in [5.74, 6) is 1.78. The number of nitrogens with zero attached hydrogens (tertiary/aromatic N) is 1. The molecule has 0 aliphatic carbocycles. The lowest BCUT2D eigenvalue weighted by Gasteiger charge is -2.50. The van der Waals surface area contributed by atoms with Gasteiger partial charge in [0.1, 0.15) is 54.3 Å². The highest BCUT2D eigenvalue weighted by Crippen LogP contribution is 2.55. The Morgan fingerprint density at radius 2 is 1.67 bits per heavy atom. The largest absolute Gasteiger partial charge is 0.493 e. The van der Waals surface area contributed by atoms with E-state index in [0.717, 1.165) is 16.7 Å². The molecule has 1 fully saturated rings. The van der Waals surface area contributed by atoms with Crippen LogP contribution in [0.5, 0.6) is 28.7 Å². The van der Waals surface area contributed by atoms with Crippen LogP contribution in [0, 0.1) is 0 Å². The monoisotopic (exact) mass is 666 g/mol. The molecule has 0 radical (unpaired) electrons. The third-order valence-electron chi connectivity index (χ3n) is 9.84. The van der Waals surface area contributed by atoms with Crippen molar-refractivity contribution in [2.75, 3.05) is 20.8 Å². The van der Waals surface area contributed by atoms with E-state index in [9.17, 15) is 14.8 Å². The van der Waals surface area contributed by atoms with Crippen molar-refractivity contribution in [3.63, 3.8) is 0 Å². The van der Waals surface area contributed by atoms with E-state index in [0.29, 0.717) is 53.6 Å². The first-order valence-electron chi connectivity index (χ1n) is 16.3. The van der Waals surface area contributed by atoms with E-state index in [1.807, 2.05) is 52.8 Å². The van der Waals surface area contributed by atoms with Crippen LogP contribution in [0.15, 0.2) is 36.4 Å². The Morgan fingerprint density at radius 3 is 2.31 bits per heavy atom. The maximum absolute atomic E-state index is 13.8. The van der Waals surface area contributed by atoms with Crippen LogP contribution in [0.4, 0.5) is 4.79 Å². The lowest BCUT2D eigenvalue weighted by molar-refractivity contribution is -0.256. The zero-order chi connectivity index (χ0) is 34.7. The fraction of sp³-hybridized carbons (Fsp3) is 0.556. The van der Waals surface area contributed by atoms with Crippen molar-refractivity contribution in [2.24, 2.45) is 0 Å². The van der Waals surface area contributed by atoms with Crippen LogP contribution in [0.1, 0.15) is 83.1 Å². The van der Waals surface area contributed by atoms with Gasteiger partial charge in [0.25, 0.3) is 0 Å². The molecule has 6 rings (SSSR count). The molecule has 2 aromatic rings. The van der Waals surface area contributed by atoms with Gasteiger partial charge in [0.05, 0.1) is 20.1 Å². The molecule has 2 aromatic carbocycles. The predicted octanol–water partition coefficient (Wildman–Crippen LogP) is 5.63. The van der Waals surface area contributed by atoms with E-state index >= 15 is 0 Å². The number of benzene rings is 2. The Balaban J connectivity index is 1.27. The van der Waals surface area contributed by atoms with Crippen LogP contribution >= 0.6 is 0 Å². The molecule has 5 atom stereocenters. The molecule has 1 amide bonds. The number of hydrogen-bond acceptors (Lipinski definition) is 11. The van der Waals surface area contributed by atoms with Gasteiger partial charge in [-0.2, -0.15) is 5.06 Å². The molecule has 12 heteroatoms. The quantitative estimate of drug-likeness (QED) is 0.281. The first kappa shape index (κ1) is 33.7. The standard InChI is InChI=1S/C36H46N2O10/c1-18(2)25-13-23-24(46-25)11-10-21-31(23)47-29-17-44-26-14-28(43-9)27(42-8)12-22(26)30(29)32(21)48-33(39)19(3)37-34(40)45-20-15-35(4,5)38(41)36(6,7)16-20/h10-12,14,19-20,25,29-30,32,41H,1,13,15-17H2,2-9H3,(H,37,40)/t19-,25+,29+,30-,32+/m0/s1. The van der Waals surface area contributed by atoms with Gasteiger partial charge in [-0.1, -0.05) is 6.58 Å². The second-order valence-corrected chi connectivity index (χ2v) is 14.5. The molecule has 48 heavy (non-hydrogen) atoms. The number of carbonyl (C=O) groups excluding carboxylic acids is 2. The summed E-state index contributed by atoms with van der Waals surface area (Å²) in [5.41, 5.74) is 2.00. The normalized spacial score (nSPS) is 25.7. The highest BCUT2D eigenvalue weighted by molar-refractivity contribution is 5.81. The maximum Gasteiger partial charge on any atom is 0.408 e. The first-order valence-corrected chi connectivity index (χ1v) is 16.3. The van der Waals surface area contributed by atoms with Crippen molar-refractivity contribution in [3.05, 3.63) is 53.1 Å². The van der Waals surface area contributed by atoms with Gasteiger partial charge >= 0.3 is 12.1 Å². The number of hydroxylamine groups is 2. The van der Waals surface area contributed by atoms with Gasteiger partial charge in [-0.25, -0.2) is 9.59 Å². The molecule has 2 N–H and O–H groups in total. The maximum atomic E-state index is 13.8. The van der Waals surface area contributed by atoms with Gasteiger partial charge in [-0.3, -0.25) is 0 Å². The van der Waals surface area contributed by atoms with Crippen LogP contribution in [0.25, 0.3) is 0 Å². The van der Waals surface area contributed by atoms with E-state index in [-0.39, 0.29) is 12.7 Å². The average Bonchev–Trinajstić information content (AvgIpc) is 3.47. The van der Waals surface area contributed by atoms with Crippen molar-refractivity contribution < 1.29 is 48.0 Å². The van der Waals surface area contributed by atoms with Gasteiger partial charge in [-0.15, -0.1) is 0 Å². The molecule has 0 unspecified atom stereocenters. The Bertz CT molecular complexity index is 1600. The lowest BCUT2D eigenvalue weighted by Crippen LogP contribution is -2.61. The van der Waals surface area contributed by atoms with Gasteiger partial charge in [0, 0.05) is 53.1 Å². The van der Waals surface area contributed by atoms with Crippen molar-refractivity contribution in [1.29, 1.82) is 0 Å². The van der Waals surface area contributed by atoms with Crippen molar-refractivity contribution in [2.45, 2.75) is 108 Å². The molecule has 0 bridgehead atoms. The number of amides is 1. The fourth-order valence-corrected chi connectivity index (χ4v) is 7.54. The Labute approximate surface area is 281 Å².